The number of hydrogen-bond donors (Lipinski definition) is 0. The van der Waals surface area contributed by atoms with Gasteiger partial charge in [0.05, 0.1) is 11.5 Å². The lowest BCUT2D eigenvalue weighted by molar-refractivity contribution is -0.161. The molecule has 1 saturated carbocycles. The molecule has 3 rings (SSSR count). The van der Waals surface area contributed by atoms with Gasteiger partial charge in [0.2, 0.25) is 0 Å². The largest absolute Gasteiger partial charge is 0.447 e. The van der Waals surface area contributed by atoms with Crippen LogP contribution in [0.1, 0.15) is 75.6 Å². The summed E-state index contributed by atoms with van der Waals surface area (Å²) in [4.78, 5) is 26.1. The normalized spacial score (nSPS) is 24.4. The number of aryl methyl sites for hydroxylation is 3. The summed E-state index contributed by atoms with van der Waals surface area (Å²) in [5.41, 5.74) is 2.86. The van der Waals surface area contributed by atoms with Gasteiger partial charge in [-0.2, -0.15) is 0 Å². The minimum absolute atomic E-state index is 0.130. The van der Waals surface area contributed by atoms with Crippen LogP contribution in [0.2, 0.25) is 0 Å². The van der Waals surface area contributed by atoms with Crippen molar-refractivity contribution >= 4 is 17.5 Å². The number of carbonyl (C=O) groups is 2. The Morgan fingerprint density at radius 1 is 1.20 bits per heavy atom. The number of methoxy groups -OCH3 is 1. The van der Waals surface area contributed by atoms with Crippen molar-refractivity contribution in [1.82, 2.24) is 0 Å². The van der Waals surface area contributed by atoms with Gasteiger partial charge in [0.25, 0.3) is 0 Å². The number of ether oxygens (including phenoxy) is 3. The zero-order valence-corrected chi connectivity index (χ0v) is 19.3. The molecule has 1 heterocycles. The van der Waals surface area contributed by atoms with E-state index in [1.54, 1.807) is 7.11 Å². The van der Waals surface area contributed by atoms with E-state index in [1.165, 1.54) is 0 Å². The molecule has 1 fully saturated rings. The summed E-state index contributed by atoms with van der Waals surface area (Å²) >= 11 is 0. The molecule has 1 spiro atoms. The molecule has 5 heteroatoms. The van der Waals surface area contributed by atoms with Gasteiger partial charge < -0.3 is 14.2 Å². The first kappa shape index (κ1) is 22.5. The maximum absolute atomic E-state index is 13.2. The molecule has 0 atom stereocenters. The summed E-state index contributed by atoms with van der Waals surface area (Å²) in [6.07, 6.45) is 3.57. The second-order valence-electron chi connectivity index (χ2n) is 9.63. The zero-order chi connectivity index (χ0) is 22.3. The molecule has 0 bridgehead atoms. The van der Waals surface area contributed by atoms with Gasteiger partial charge >= 0.3 is 11.9 Å². The Balaban J connectivity index is 2.19. The second-order valence-corrected chi connectivity index (χ2v) is 9.63. The van der Waals surface area contributed by atoms with Crippen LogP contribution in [-0.4, -0.2) is 30.8 Å². The summed E-state index contributed by atoms with van der Waals surface area (Å²) in [5.74, 6) is -0.364. The predicted molar refractivity (Wildman–Crippen MR) is 116 cm³/mol. The first-order chi connectivity index (χ1) is 14.0. The molecule has 5 nitrogen and oxygen atoms in total. The molecule has 0 saturated heterocycles. The van der Waals surface area contributed by atoms with Gasteiger partial charge in [0, 0.05) is 7.11 Å². The Morgan fingerprint density at radius 3 is 2.37 bits per heavy atom. The first-order valence-electron chi connectivity index (χ1n) is 10.9. The summed E-state index contributed by atoms with van der Waals surface area (Å²) in [5, 5.41) is 0. The van der Waals surface area contributed by atoms with Gasteiger partial charge in [-0.05, 0) is 83.4 Å². The van der Waals surface area contributed by atoms with Gasteiger partial charge in [-0.25, -0.2) is 4.79 Å². The van der Waals surface area contributed by atoms with Crippen molar-refractivity contribution < 1.29 is 23.8 Å². The number of esters is 2. The highest BCUT2D eigenvalue weighted by molar-refractivity contribution is 6.21. The fourth-order valence-electron chi connectivity index (χ4n) is 4.52. The lowest BCUT2D eigenvalue weighted by Crippen LogP contribution is -2.40. The quantitative estimate of drug-likeness (QED) is 0.645. The molecule has 1 aliphatic carbocycles. The monoisotopic (exact) mass is 414 g/mol. The van der Waals surface area contributed by atoms with Gasteiger partial charge in [0.15, 0.2) is 11.4 Å². The highest BCUT2D eigenvalue weighted by atomic mass is 16.6. The van der Waals surface area contributed by atoms with Crippen LogP contribution in [0.4, 0.5) is 0 Å². The third-order valence-electron chi connectivity index (χ3n) is 6.21. The minimum atomic E-state index is -0.898. The van der Waals surface area contributed by atoms with Crippen molar-refractivity contribution in [2.75, 3.05) is 7.11 Å². The van der Waals surface area contributed by atoms with Crippen molar-refractivity contribution in [3.05, 3.63) is 40.1 Å². The van der Waals surface area contributed by atoms with E-state index in [2.05, 4.69) is 19.1 Å². The number of rotatable bonds is 4. The van der Waals surface area contributed by atoms with Crippen LogP contribution in [0.5, 0.6) is 0 Å². The molecule has 30 heavy (non-hydrogen) atoms. The maximum Gasteiger partial charge on any atom is 0.343 e. The molecule has 0 amide bonds. The van der Waals surface area contributed by atoms with Crippen LogP contribution in [0, 0.1) is 19.3 Å². The van der Waals surface area contributed by atoms with E-state index in [4.69, 9.17) is 14.2 Å². The molecule has 1 aromatic rings. The minimum Gasteiger partial charge on any atom is -0.447 e. The van der Waals surface area contributed by atoms with Gasteiger partial charge in [-0.3, -0.25) is 4.79 Å². The van der Waals surface area contributed by atoms with E-state index >= 15 is 0 Å². The summed E-state index contributed by atoms with van der Waals surface area (Å²) in [6.45, 7) is 11.6. The van der Waals surface area contributed by atoms with Gasteiger partial charge in [-0.15, -0.1) is 0 Å². The smallest absolute Gasteiger partial charge is 0.343 e. The fourth-order valence-corrected chi connectivity index (χ4v) is 4.52. The van der Waals surface area contributed by atoms with Crippen LogP contribution < -0.4 is 0 Å². The van der Waals surface area contributed by atoms with Gasteiger partial charge in [0.1, 0.15) is 5.57 Å². The molecule has 1 aromatic carbocycles. The Hall–Kier alpha value is -2.14. The molecular weight excluding hydrogens is 380 g/mol. The van der Waals surface area contributed by atoms with Crippen LogP contribution in [0.15, 0.2) is 17.9 Å². The topological polar surface area (TPSA) is 61.8 Å². The Labute approximate surface area is 179 Å². The highest BCUT2D eigenvalue weighted by Crippen LogP contribution is 2.49. The molecular formula is C25H34O5. The fraction of sp³-hybridized carbons (Fsp3) is 0.600. The molecule has 1 aliphatic heterocycles. The third kappa shape index (κ3) is 4.04. The summed E-state index contributed by atoms with van der Waals surface area (Å²) in [6, 6.07) is 4.16. The van der Waals surface area contributed by atoms with E-state index < -0.39 is 17.0 Å². The van der Waals surface area contributed by atoms with E-state index in [0.717, 1.165) is 41.5 Å². The van der Waals surface area contributed by atoms with Gasteiger partial charge in [-0.1, -0.05) is 24.6 Å². The lowest BCUT2D eigenvalue weighted by atomic mass is 9.80. The Bertz CT molecular complexity index is 880. The van der Waals surface area contributed by atoms with Crippen molar-refractivity contribution in [1.29, 1.82) is 0 Å². The average molecular weight is 415 g/mol. The third-order valence-corrected chi connectivity index (χ3v) is 6.21. The van der Waals surface area contributed by atoms with Crippen LogP contribution in [0.3, 0.4) is 0 Å². The summed E-state index contributed by atoms with van der Waals surface area (Å²) in [7, 11) is 1.70. The van der Waals surface area contributed by atoms with Crippen molar-refractivity contribution in [3.63, 3.8) is 0 Å². The van der Waals surface area contributed by atoms with Crippen molar-refractivity contribution in [2.45, 2.75) is 85.4 Å². The molecule has 0 radical (unpaired) electrons. The predicted octanol–water partition coefficient (Wildman–Crippen LogP) is 5.05. The lowest BCUT2D eigenvalue weighted by Gasteiger charge is -2.37. The molecule has 0 N–H and O–H groups in total. The Kier molecular flexibility index (Phi) is 6.15. The zero-order valence-electron chi connectivity index (χ0n) is 19.3. The van der Waals surface area contributed by atoms with Crippen molar-refractivity contribution in [3.8, 4) is 0 Å². The van der Waals surface area contributed by atoms with E-state index in [0.29, 0.717) is 24.2 Å². The molecule has 0 unspecified atom stereocenters. The SMILES string of the molecule is CCc1cc(C)cc(C)c1C1=C(OC(=O)C(C)(C)C)C2(CCC(OC)CC2)OC1=O. The first-order valence-corrected chi connectivity index (χ1v) is 10.9. The molecule has 164 valence electrons. The Morgan fingerprint density at radius 2 is 1.83 bits per heavy atom. The molecule has 0 aromatic heterocycles. The van der Waals surface area contributed by atoms with Crippen LogP contribution in [-0.2, 0) is 30.2 Å². The summed E-state index contributed by atoms with van der Waals surface area (Å²) < 4.78 is 17.5. The van der Waals surface area contributed by atoms with Crippen LogP contribution >= 0.6 is 0 Å². The van der Waals surface area contributed by atoms with Crippen molar-refractivity contribution in [2.24, 2.45) is 5.41 Å². The maximum atomic E-state index is 13.2. The second kappa shape index (κ2) is 8.18. The number of carbonyl (C=O) groups excluding carboxylic acids is 2. The van der Waals surface area contributed by atoms with Crippen LogP contribution in [0.25, 0.3) is 5.57 Å². The highest BCUT2D eigenvalue weighted by Gasteiger charge is 2.53. The van der Waals surface area contributed by atoms with E-state index in [9.17, 15) is 9.59 Å². The van der Waals surface area contributed by atoms with E-state index in [1.807, 2.05) is 34.6 Å². The standard InChI is InChI=1S/C25H34O5/c1-8-17-14-15(2)13-16(3)19(17)20-21(29-23(27)24(4,5)6)25(30-22(20)26)11-9-18(28-7)10-12-25/h13-14,18H,8-12H2,1-7H3. The molecule has 2 aliphatic rings. The average Bonchev–Trinajstić information content (AvgIpc) is 2.92. The number of benzene rings is 1. The number of hydrogen-bond acceptors (Lipinski definition) is 5. The van der Waals surface area contributed by atoms with E-state index in [-0.39, 0.29) is 12.1 Å².